The number of rotatable bonds is 3. The number of nitrogens with one attached hydrogen (secondary N) is 2. The fraction of sp³-hybridized carbons (Fsp3) is 0.500. The summed E-state index contributed by atoms with van der Waals surface area (Å²) in [5.74, 6) is 0. The van der Waals surface area contributed by atoms with Crippen LogP contribution < -0.4 is 14.9 Å². The summed E-state index contributed by atoms with van der Waals surface area (Å²) in [5.41, 5.74) is 0.752. The molecule has 6 nitrogen and oxygen atoms in total. The highest BCUT2D eigenvalue weighted by Gasteiger charge is 2.26. The van der Waals surface area contributed by atoms with Crippen molar-refractivity contribution in [3.63, 3.8) is 0 Å². The van der Waals surface area contributed by atoms with Crippen molar-refractivity contribution in [1.29, 1.82) is 0 Å². The number of nitrogens with zero attached hydrogens (tertiary/aromatic N) is 1. The number of fused-ring (bicyclic) bond motifs is 1. The maximum Gasteiger partial charge on any atom is 0.307 e. The Kier molecular flexibility index (Phi) is 4.11. The molecule has 1 aromatic carbocycles. The predicted molar refractivity (Wildman–Crippen MR) is 87.9 cm³/mol. The quantitative estimate of drug-likeness (QED) is 0.873. The molecular weight excluding hydrogens is 322 g/mol. The maximum absolute atomic E-state index is 12.6. The van der Waals surface area contributed by atoms with Gasteiger partial charge in [-0.3, -0.25) is 4.79 Å². The Morgan fingerprint density at radius 1 is 1.41 bits per heavy atom. The van der Waals surface area contributed by atoms with E-state index in [1.165, 1.54) is 4.57 Å². The zero-order chi connectivity index (χ0) is 15.9. The van der Waals surface area contributed by atoms with Crippen LogP contribution in [0.4, 0.5) is 0 Å². The SMILES string of the molecule is C[C@@H]1NCCC[C@@H]1NS(=O)(=O)c1ccc2c(c1)sc(=O)n2C. The second-order valence-electron chi connectivity index (χ2n) is 5.67. The summed E-state index contributed by atoms with van der Waals surface area (Å²) in [6, 6.07) is 4.82. The van der Waals surface area contributed by atoms with Crippen LogP contribution in [-0.4, -0.2) is 31.6 Å². The van der Waals surface area contributed by atoms with Crippen molar-refractivity contribution in [3.8, 4) is 0 Å². The molecule has 0 spiro atoms. The van der Waals surface area contributed by atoms with E-state index in [-0.39, 0.29) is 21.9 Å². The van der Waals surface area contributed by atoms with Crippen molar-refractivity contribution in [2.45, 2.75) is 36.7 Å². The number of aromatic nitrogens is 1. The van der Waals surface area contributed by atoms with Crippen LogP contribution >= 0.6 is 11.3 Å². The van der Waals surface area contributed by atoms with Gasteiger partial charge in [-0.15, -0.1) is 0 Å². The Hall–Kier alpha value is -1.22. The normalized spacial score (nSPS) is 23.0. The minimum absolute atomic E-state index is 0.0948. The summed E-state index contributed by atoms with van der Waals surface area (Å²) in [6.45, 7) is 2.90. The molecule has 0 amide bonds. The molecule has 1 aromatic heterocycles. The molecule has 0 saturated carbocycles. The second kappa shape index (κ2) is 5.77. The lowest BCUT2D eigenvalue weighted by molar-refractivity contribution is 0.349. The number of piperidine rings is 1. The first-order chi connectivity index (χ1) is 10.4. The van der Waals surface area contributed by atoms with Crippen molar-refractivity contribution in [2.75, 3.05) is 6.54 Å². The largest absolute Gasteiger partial charge is 0.313 e. The van der Waals surface area contributed by atoms with Gasteiger partial charge in [-0.2, -0.15) is 0 Å². The fourth-order valence-electron chi connectivity index (χ4n) is 2.75. The minimum atomic E-state index is -3.58. The maximum atomic E-state index is 12.6. The average Bonchev–Trinajstić information content (AvgIpc) is 2.76. The molecule has 1 saturated heterocycles. The third-order valence-corrected chi connectivity index (χ3v) is 6.63. The van der Waals surface area contributed by atoms with E-state index in [0.29, 0.717) is 4.70 Å². The molecule has 1 aliphatic rings. The molecule has 8 heteroatoms. The number of hydrogen-bond donors (Lipinski definition) is 2. The van der Waals surface area contributed by atoms with E-state index in [1.54, 1.807) is 25.2 Å². The van der Waals surface area contributed by atoms with Crippen molar-refractivity contribution >= 4 is 31.6 Å². The Bertz CT molecular complexity index is 854. The van der Waals surface area contributed by atoms with Gasteiger partial charge in [0.25, 0.3) is 0 Å². The van der Waals surface area contributed by atoms with E-state index in [9.17, 15) is 13.2 Å². The first-order valence-electron chi connectivity index (χ1n) is 7.24. The van der Waals surface area contributed by atoms with E-state index in [0.717, 1.165) is 36.2 Å². The first-order valence-corrected chi connectivity index (χ1v) is 9.54. The van der Waals surface area contributed by atoms with Crippen LogP contribution in [0.15, 0.2) is 27.9 Å². The van der Waals surface area contributed by atoms with E-state index in [4.69, 9.17) is 0 Å². The van der Waals surface area contributed by atoms with Crippen molar-refractivity contribution < 1.29 is 8.42 Å². The van der Waals surface area contributed by atoms with E-state index in [1.807, 2.05) is 6.92 Å². The van der Waals surface area contributed by atoms with Gasteiger partial charge in [-0.05, 0) is 44.5 Å². The zero-order valence-corrected chi connectivity index (χ0v) is 14.1. The fourth-order valence-corrected chi connectivity index (χ4v) is 5.12. The van der Waals surface area contributed by atoms with Crippen molar-refractivity contribution in [1.82, 2.24) is 14.6 Å². The number of thiazole rings is 1. The van der Waals surface area contributed by atoms with Crippen LogP contribution in [0.1, 0.15) is 19.8 Å². The highest BCUT2D eigenvalue weighted by atomic mass is 32.2. The molecule has 0 radical (unpaired) electrons. The lowest BCUT2D eigenvalue weighted by Crippen LogP contribution is -2.51. The van der Waals surface area contributed by atoms with Gasteiger partial charge in [0, 0.05) is 19.1 Å². The molecule has 1 aliphatic heterocycles. The molecule has 2 aromatic rings. The predicted octanol–water partition coefficient (Wildman–Crippen LogP) is 1.02. The van der Waals surface area contributed by atoms with Crippen LogP contribution in [0.25, 0.3) is 10.2 Å². The van der Waals surface area contributed by atoms with Gasteiger partial charge in [0.05, 0.1) is 15.1 Å². The summed E-state index contributed by atoms with van der Waals surface area (Å²) < 4.78 is 30.1. The van der Waals surface area contributed by atoms with Crippen LogP contribution in [-0.2, 0) is 17.1 Å². The van der Waals surface area contributed by atoms with Crippen LogP contribution in [0.3, 0.4) is 0 Å². The number of sulfonamides is 1. The van der Waals surface area contributed by atoms with Crippen molar-refractivity contribution in [2.24, 2.45) is 7.05 Å². The molecule has 1 fully saturated rings. The van der Waals surface area contributed by atoms with Crippen molar-refractivity contribution in [3.05, 3.63) is 27.9 Å². The minimum Gasteiger partial charge on any atom is -0.313 e. The van der Waals surface area contributed by atoms with Gasteiger partial charge >= 0.3 is 4.87 Å². The van der Waals surface area contributed by atoms with Gasteiger partial charge in [-0.25, -0.2) is 13.1 Å². The molecule has 2 atom stereocenters. The first kappa shape index (κ1) is 15.7. The number of hydrogen-bond acceptors (Lipinski definition) is 5. The van der Waals surface area contributed by atoms with Gasteiger partial charge < -0.3 is 9.88 Å². The summed E-state index contributed by atoms with van der Waals surface area (Å²) in [5, 5.41) is 3.28. The highest BCUT2D eigenvalue weighted by Crippen LogP contribution is 2.22. The number of benzene rings is 1. The smallest absolute Gasteiger partial charge is 0.307 e. The van der Waals surface area contributed by atoms with Gasteiger partial charge in [-0.1, -0.05) is 11.3 Å². The van der Waals surface area contributed by atoms with Gasteiger partial charge in [0.2, 0.25) is 10.0 Å². The zero-order valence-electron chi connectivity index (χ0n) is 12.5. The third kappa shape index (κ3) is 2.83. The second-order valence-corrected chi connectivity index (χ2v) is 8.38. The van der Waals surface area contributed by atoms with E-state index < -0.39 is 10.0 Å². The highest BCUT2D eigenvalue weighted by molar-refractivity contribution is 7.89. The van der Waals surface area contributed by atoms with Crippen LogP contribution in [0, 0.1) is 0 Å². The molecule has 0 aliphatic carbocycles. The molecule has 0 bridgehead atoms. The molecule has 3 rings (SSSR count). The Morgan fingerprint density at radius 3 is 2.91 bits per heavy atom. The molecule has 22 heavy (non-hydrogen) atoms. The summed E-state index contributed by atoms with van der Waals surface area (Å²) in [4.78, 5) is 11.8. The summed E-state index contributed by atoms with van der Waals surface area (Å²) in [6.07, 6.45) is 1.78. The topological polar surface area (TPSA) is 80.2 Å². The van der Waals surface area contributed by atoms with E-state index >= 15 is 0 Å². The van der Waals surface area contributed by atoms with E-state index in [2.05, 4.69) is 10.0 Å². The molecule has 2 N–H and O–H groups in total. The monoisotopic (exact) mass is 341 g/mol. The Labute approximate surface area is 133 Å². The lowest BCUT2D eigenvalue weighted by atomic mass is 10.0. The molecule has 0 unspecified atom stereocenters. The Balaban J connectivity index is 1.93. The number of aryl methyl sites for hydroxylation is 1. The average molecular weight is 341 g/mol. The summed E-state index contributed by atoms with van der Waals surface area (Å²) >= 11 is 1.06. The van der Waals surface area contributed by atoms with Gasteiger partial charge in [0.15, 0.2) is 0 Å². The standard InChI is InChI=1S/C14H19N3O3S2/c1-9-11(4-3-7-15-9)16-22(19,20)10-5-6-12-13(8-10)21-14(18)17(12)2/h5-6,8-9,11,15-16H,3-4,7H2,1-2H3/t9-,11-/m0/s1. The summed E-state index contributed by atoms with van der Waals surface area (Å²) in [7, 11) is -1.90. The lowest BCUT2D eigenvalue weighted by Gasteiger charge is -2.30. The van der Waals surface area contributed by atoms with Crippen LogP contribution in [0.5, 0.6) is 0 Å². The molecule has 2 heterocycles. The van der Waals surface area contributed by atoms with Crippen LogP contribution in [0.2, 0.25) is 0 Å². The Morgan fingerprint density at radius 2 is 2.18 bits per heavy atom. The molecule has 120 valence electrons. The van der Waals surface area contributed by atoms with Gasteiger partial charge in [0.1, 0.15) is 0 Å². The molecular formula is C14H19N3O3S2. The third-order valence-electron chi connectivity index (χ3n) is 4.14.